The van der Waals surface area contributed by atoms with Gasteiger partial charge in [-0.1, -0.05) is 0 Å². The van der Waals surface area contributed by atoms with E-state index in [1.807, 2.05) is 30.5 Å². The summed E-state index contributed by atoms with van der Waals surface area (Å²) < 4.78 is 5.39. The first kappa shape index (κ1) is 10.8. The van der Waals surface area contributed by atoms with Crippen molar-refractivity contribution in [3.8, 4) is 0 Å². The number of rotatable bonds is 2. The van der Waals surface area contributed by atoms with Gasteiger partial charge in [0, 0.05) is 19.5 Å². The lowest BCUT2D eigenvalue weighted by atomic mass is 10.1. The van der Waals surface area contributed by atoms with E-state index in [1.54, 1.807) is 6.26 Å². The summed E-state index contributed by atoms with van der Waals surface area (Å²) in [7, 11) is 0. The summed E-state index contributed by atoms with van der Waals surface area (Å²) in [5, 5.41) is 5.86. The molecule has 1 aliphatic rings. The van der Waals surface area contributed by atoms with Crippen LogP contribution in [-0.4, -0.2) is 21.6 Å². The first-order valence-corrected chi connectivity index (χ1v) is 5.80. The van der Waals surface area contributed by atoms with Gasteiger partial charge in [0.15, 0.2) is 0 Å². The number of nitrogens with one attached hydrogen (secondary N) is 1. The first-order valence-electron chi connectivity index (χ1n) is 5.80. The van der Waals surface area contributed by atoms with Crippen molar-refractivity contribution in [2.45, 2.75) is 19.4 Å². The summed E-state index contributed by atoms with van der Waals surface area (Å²) >= 11 is 0. The summed E-state index contributed by atoms with van der Waals surface area (Å²) in [4.78, 5) is 14.7. The first-order chi connectivity index (χ1) is 8.75. The molecule has 18 heavy (non-hydrogen) atoms. The average molecular weight is 243 g/mol. The van der Waals surface area contributed by atoms with Crippen molar-refractivity contribution in [2.24, 2.45) is 5.10 Å². The molecule has 0 saturated carbocycles. The molecule has 0 bridgehead atoms. The van der Waals surface area contributed by atoms with E-state index in [0.29, 0.717) is 6.42 Å². The molecule has 0 fully saturated rings. The molecule has 0 aromatic carbocycles. The molecule has 92 valence electrons. The molecular formula is C13H13N3O2. The molecule has 0 spiro atoms. The lowest BCUT2D eigenvalue weighted by Gasteiger charge is -2.17. The second-order valence-electron chi connectivity index (χ2n) is 4.23. The number of aromatic amines is 1. The lowest BCUT2D eigenvalue weighted by molar-refractivity contribution is -0.130. The lowest BCUT2D eigenvalue weighted by Crippen LogP contribution is -2.23. The maximum Gasteiger partial charge on any atom is 0.240 e. The molecule has 0 radical (unpaired) electrons. The number of amides is 1. The quantitative estimate of drug-likeness (QED) is 0.879. The monoisotopic (exact) mass is 243 g/mol. The van der Waals surface area contributed by atoms with Crippen LogP contribution in [0, 0.1) is 0 Å². The highest BCUT2D eigenvalue weighted by Crippen LogP contribution is 2.32. The van der Waals surface area contributed by atoms with E-state index >= 15 is 0 Å². The molecular weight excluding hydrogens is 230 g/mol. The van der Waals surface area contributed by atoms with Crippen molar-refractivity contribution in [1.29, 1.82) is 0 Å². The van der Waals surface area contributed by atoms with Crippen molar-refractivity contribution in [3.05, 3.63) is 48.2 Å². The number of carbonyl (C=O) groups is 1. The summed E-state index contributed by atoms with van der Waals surface area (Å²) in [6, 6.07) is 7.40. The molecule has 3 heterocycles. The van der Waals surface area contributed by atoms with Crippen molar-refractivity contribution in [2.75, 3.05) is 0 Å². The number of furan rings is 1. The van der Waals surface area contributed by atoms with E-state index in [2.05, 4.69) is 10.1 Å². The smallest absolute Gasteiger partial charge is 0.240 e. The predicted molar refractivity (Wildman–Crippen MR) is 65.9 cm³/mol. The van der Waals surface area contributed by atoms with Crippen LogP contribution in [-0.2, 0) is 4.79 Å². The molecule has 2 aromatic heterocycles. The Kier molecular flexibility index (Phi) is 2.51. The molecule has 2 aromatic rings. The highest BCUT2D eigenvalue weighted by atomic mass is 16.3. The van der Waals surface area contributed by atoms with Gasteiger partial charge in [-0.15, -0.1) is 0 Å². The Labute approximate surface area is 104 Å². The van der Waals surface area contributed by atoms with E-state index in [9.17, 15) is 4.79 Å². The number of hydrogen-bond acceptors (Lipinski definition) is 3. The zero-order chi connectivity index (χ0) is 12.5. The van der Waals surface area contributed by atoms with Crippen LogP contribution in [0.1, 0.15) is 30.8 Å². The maximum absolute atomic E-state index is 11.6. The Balaban J connectivity index is 1.93. The number of nitrogens with zero attached hydrogens (tertiary/aromatic N) is 2. The number of H-pyrrole nitrogens is 1. The third kappa shape index (κ3) is 1.73. The minimum Gasteiger partial charge on any atom is -0.467 e. The second kappa shape index (κ2) is 4.18. The Morgan fingerprint density at radius 2 is 2.39 bits per heavy atom. The summed E-state index contributed by atoms with van der Waals surface area (Å²) in [6.07, 6.45) is 4.12. The summed E-state index contributed by atoms with van der Waals surface area (Å²) in [5.41, 5.74) is 1.81. The fourth-order valence-electron chi connectivity index (χ4n) is 2.18. The number of carbonyl (C=O) groups excluding carboxylic acids is 1. The van der Waals surface area contributed by atoms with Gasteiger partial charge in [-0.2, -0.15) is 5.10 Å². The Hall–Kier alpha value is -2.30. The van der Waals surface area contributed by atoms with Gasteiger partial charge in [0.2, 0.25) is 5.91 Å². The Morgan fingerprint density at radius 1 is 1.50 bits per heavy atom. The van der Waals surface area contributed by atoms with Crippen LogP contribution in [0.3, 0.4) is 0 Å². The van der Waals surface area contributed by atoms with Crippen LogP contribution >= 0.6 is 0 Å². The van der Waals surface area contributed by atoms with Crippen LogP contribution in [0.4, 0.5) is 0 Å². The van der Waals surface area contributed by atoms with Gasteiger partial charge in [-0.25, -0.2) is 5.01 Å². The molecule has 1 amide bonds. The average Bonchev–Trinajstić information content (AvgIpc) is 3.10. The third-order valence-corrected chi connectivity index (χ3v) is 3.01. The molecule has 5 heteroatoms. The van der Waals surface area contributed by atoms with E-state index < -0.39 is 0 Å². The van der Waals surface area contributed by atoms with Crippen molar-refractivity contribution in [1.82, 2.24) is 9.99 Å². The number of hydrogen-bond donors (Lipinski definition) is 1. The van der Waals surface area contributed by atoms with Gasteiger partial charge < -0.3 is 9.40 Å². The zero-order valence-corrected chi connectivity index (χ0v) is 9.96. The van der Waals surface area contributed by atoms with Crippen LogP contribution in [0.5, 0.6) is 0 Å². The van der Waals surface area contributed by atoms with Crippen LogP contribution < -0.4 is 0 Å². The molecule has 1 atom stereocenters. The molecule has 1 N–H and O–H groups in total. The van der Waals surface area contributed by atoms with E-state index in [4.69, 9.17) is 4.42 Å². The molecule has 0 unspecified atom stereocenters. The van der Waals surface area contributed by atoms with Gasteiger partial charge in [0.1, 0.15) is 11.8 Å². The zero-order valence-electron chi connectivity index (χ0n) is 9.96. The van der Waals surface area contributed by atoms with Gasteiger partial charge in [-0.3, -0.25) is 4.79 Å². The van der Waals surface area contributed by atoms with E-state index in [1.165, 1.54) is 11.9 Å². The fourth-order valence-corrected chi connectivity index (χ4v) is 2.18. The second-order valence-corrected chi connectivity index (χ2v) is 4.23. The number of aromatic nitrogens is 1. The fraction of sp³-hybridized carbons (Fsp3) is 0.231. The minimum absolute atomic E-state index is 0.0852. The Morgan fingerprint density at radius 3 is 3.00 bits per heavy atom. The molecule has 0 saturated heterocycles. The highest BCUT2D eigenvalue weighted by molar-refractivity contribution is 6.01. The van der Waals surface area contributed by atoms with Gasteiger partial charge in [-0.05, 0) is 24.3 Å². The molecule has 0 aliphatic carbocycles. The Bertz CT molecular complexity index is 569. The highest BCUT2D eigenvalue weighted by Gasteiger charge is 2.33. The van der Waals surface area contributed by atoms with Gasteiger partial charge in [0.05, 0.1) is 17.7 Å². The SMILES string of the molecule is CC(=O)N1N=C(c2ccc[nH]2)C[C@@H]1c1ccco1. The molecule has 1 aliphatic heterocycles. The molecule has 5 nitrogen and oxygen atoms in total. The summed E-state index contributed by atoms with van der Waals surface area (Å²) in [6.45, 7) is 1.51. The summed E-state index contributed by atoms with van der Waals surface area (Å²) in [5.74, 6) is 0.675. The maximum atomic E-state index is 11.6. The van der Waals surface area contributed by atoms with Gasteiger partial charge in [0.25, 0.3) is 0 Å². The van der Waals surface area contributed by atoms with Crippen LogP contribution in [0.15, 0.2) is 46.2 Å². The van der Waals surface area contributed by atoms with Crippen molar-refractivity contribution in [3.63, 3.8) is 0 Å². The predicted octanol–water partition coefficient (Wildman–Crippen LogP) is 2.31. The topological polar surface area (TPSA) is 61.6 Å². The van der Waals surface area contributed by atoms with Crippen molar-refractivity contribution < 1.29 is 9.21 Å². The van der Waals surface area contributed by atoms with Crippen LogP contribution in [0.25, 0.3) is 0 Å². The van der Waals surface area contributed by atoms with Crippen molar-refractivity contribution >= 4 is 11.6 Å². The minimum atomic E-state index is -0.143. The van der Waals surface area contributed by atoms with Gasteiger partial charge >= 0.3 is 0 Å². The van der Waals surface area contributed by atoms with Crippen LogP contribution in [0.2, 0.25) is 0 Å². The third-order valence-electron chi connectivity index (χ3n) is 3.01. The number of hydrazone groups is 1. The standard InChI is InChI=1S/C13H13N3O2/c1-9(17)16-12(13-5-3-7-18-13)8-11(15-16)10-4-2-6-14-10/h2-7,12,14H,8H2,1H3/t12-/m1/s1. The van der Waals surface area contributed by atoms with E-state index in [0.717, 1.165) is 17.2 Å². The largest absolute Gasteiger partial charge is 0.467 e. The molecule has 3 rings (SSSR count). The normalized spacial score (nSPS) is 19.1. The van der Waals surface area contributed by atoms with E-state index in [-0.39, 0.29) is 11.9 Å².